The minimum Gasteiger partial charge on any atom is -0.360 e. The van der Waals surface area contributed by atoms with Gasteiger partial charge in [-0.15, -0.1) is 10.2 Å². The molecule has 1 N–H and O–H groups in total. The highest BCUT2D eigenvalue weighted by Crippen LogP contribution is 2.38. The van der Waals surface area contributed by atoms with Crippen LogP contribution in [-0.4, -0.2) is 16.7 Å². The molecule has 1 saturated carbocycles. The maximum atomic E-state index is 12.3. The number of hydrogen-bond acceptors (Lipinski definition) is 4. The molecule has 0 unspecified atom stereocenters. The molecule has 2 rings (SSSR count). The summed E-state index contributed by atoms with van der Waals surface area (Å²) in [5, 5.41) is 8.98. The van der Waals surface area contributed by atoms with Crippen molar-refractivity contribution in [2.45, 2.75) is 38.8 Å². The Morgan fingerprint density at radius 2 is 1.94 bits per heavy atom. The van der Waals surface area contributed by atoms with Crippen molar-refractivity contribution in [2.24, 2.45) is 5.41 Å². The van der Waals surface area contributed by atoms with Gasteiger partial charge in [-0.3, -0.25) is 0 Å². The Kier molecular flexibility index (Phi) is 3.29. The van der Waals surface area contributed by atoms with Crippen molar-refractivity contribution < 1.29 is 13.2 Å². The average molecular weight is 265 g/mol. The van der Waals surface area contributed by atoms with Crippen LogP contribution in [0.15, 0.2) is 0 Å². The lowest BCUT2D eigenvalue weighted by Gasteiger charge is -2.23. The minimum atomic E-state index is -4.39. The van der Waals surface area contributed by atoms with Crippen molar-refractivity contribution in [3.05, 3.63) is 5.01 Å². The molecule has 1 aliphatic rings. The van der Waals surface area contributed by atoms with Gasteiger partial charge in [0.1, 0.15) is 0 Å². The molecule has 0 amide bonds. The molecule has 7 heteroatoms. The largest absolute Gasteiger partial charge is 0.445 e. The maximum Gasteiger partial charge on any atom is 0.445 e. The predicted octanol–water partition coefficient (Wildman–Crippen LogP) is 3.55. The van der Waals surface area contributed by atoms with Crippen LogP contribution < -0.4 is 5.32 Å². The number of halogens is 3. The first kappa shape index (κ1) is 12.6. The van der Waals surface area contributed by atoms with Gasteiger partial charge in [0.15, 0.2) is 0 Å². The van der Waals surface area contributed by atoms with Crippen molar-refractivity contribution in [1.29, 1.82) is 0 Å². The summed E-state index contributed by atoms with van der Waals surface area (Å²) in [5.41, 5.74) is 0.185. The molecule has 0 atom stereocenters. The van der Waals surface area contributed by atoms with E-state index in [2.05, 4.69) is 22.4 Å². The van der Waals surface area contributed by atoms with Gasteiger partial charge in [-0.1, -0.05) is 31.1 Å². The summed E-state index contributed by atoms with van der Waals surface area (Å²) in [5.74, 6) is 0. The van der Waals surface area contributed by atoms with Gasteiger partial charge in [0, 0.05) is 6.54 Å². The first-order chi connectivity index (χ1) is 7.89. The Morgan fingerprint density at radius 3 is 2.47 bits per heavy atom. The smallest absolute Gasteiger partial charge is 0.360 e. The Balaban J connectivity index is 1.93. The molecule has 1 heterocycles. The fraction of sp³-hybridized carbons (Fsp3) is 0.800. The Labute approximate surface area is 101 Å². The summed E-state index contributed by atoms with van der Waals surface area (Å²) in [6.07, 6.45) is 0.231. The second-order valence-electron chi connectivity index (χ2n) is 4.78. The lowest BCUT2D eigenvalue weighted by atomic mass is 9.89. The van der Waals surface area contributed by atoms with E-state index in [1.54, 1.807) is 0 Å². The van der Waals surface area contributed by atoms with E-state index in [0.29, 0.717) is 17.9 Å². The molecule has 96 valence electrons. The van der Waals surface area contributed by atoms with E-state index >= 15 is 0 Å². The number of alkyl halides is 3. The molecular formula is C10H14F3N3S. The Hall–Kier alpha value is -0.850. The lowest BCUT2D eigenvalue weighted by Crippen LogP contribution is -2.22. The van der Waals surface area contributed by atoms with Gasteiger partial charge in [0.05, 0.1) is 0 Å². The highest BCUT2D eigenvalue weighted by molar-refractivity contribution is 7.15. The van der Waals surface area contributed by atoms with Crippen molar-refractivity contribution in [3.8, 4) is 0 Å². The minimum absolute atomic E-state index is 0.185. The second-order valence-corrected chi connectivity index (χ2v) is 5.76. The molecule has 1 fully saturated rings. The lowest BCUT2D eigenvalue weighted by molar-refractivity contribution is -0.138. The molecule has 3 nitrogen and oxygen atoms in total. The van der Waals surface area contributed by atoms with Crippen LogP contribution >= 0.6 is 11.3 Å². The molecule has 1 aliphatic carbocycles. The fourth-order valence-corrected chi connectivity index (χ4v) is 2.71. The van der Waals surface area contributed by atoms with Gasteiger partial charge in [0.2, 0.25) is 10.1 Å². The van der Waals surface area contributed by atoms with Crippen LogP contribution in [0.2, 0.25) is 0 Å². The Bertz CT molecular complexity index is 382. The normalized spacial score (nSPS) is 19.5. The maximum absolute atomic E-state index is 12.3. The predicted molar refractivity (Wildman–Crippen MR) is 60.0 cm³/mol. The number of nitrogens with one attached hydrogen (secondary N) is 1. The van der Waals surface area contributed by atoms with E-state index in [1.165, 1.54) is 12.8 Å². The molecule has 0 bridgehead atoms. The number of hydrogen-bond donors (Lipinski definition) is 1. The van der Waals surface area contributed by atoms with E-state index in [0.717, 1.165) is 12.8 Å². The topological polar surface area (TPSA) is 37.8 Å². The van der Waals surface area contributed by atoms with Crippen LogP contribution in [0.25, 0.3) is 0 Å². The van der Waals surface area contributed by atoms with Crippen LogP contribution in [-0.2, 0) is 6.18 Å². The number of aromatic nitrogens is 2. The first-order valence-electron chi connectivity index (χ1n) is 5.54. The molecule has 0 aliphatic heterocycles. The molecule has 17 heavy (non-hydrogen) atoms. The van der Waals surface area contributed by atoms with Crippen LogP contribution in [0.3, 0.4) is 0 Å². The van der Waals surface area contributed by atoms with Crippen molar-refractivity contribution >= 4 is 16.5 Å². The van der Waals surface area contributed by atoms with E-state index in [-0.39, 0.29) is 10.5 Å². The van der Waals surface area contributed by atoms with E-state index in [9.17, 15) is 13.2 Å². The summed E-state index contributed by atoms with van der Waals surface area (Å²) in [6.45, 7) is 2.82. The molecule has 0 radical (unpaired) electrons. The van der Waals surface area contributed by atoms with E-state index in [1.807, 2.05) is 0 Å². The van der Waals surface area contributed by atoms with Crippen LogP contribution in [0.1, 0.15) is 37.6 Å². The molecular weight excluding hydrogens is 251 g/mol. The quantitative estimate of drug-likeness (QED) is 0.908. The second kappa shape index (κ2) is 4.44. The van der Waals surface area contributed by atoms with Gasteiger partial charge >= 0.3 is 6.18 Å². The van der Waals surface area contributed by atoms with Gasteiger partial charge in [-0.05, 0) is 18.3 Å². The van der Waals surface area contributed by atoms with Gasteiger partial charge in [0.25, 0.3) is 0 Å². The molecule has 0 spiro atoms. The Morgan fingerprint density at radius 1 is 1.29 bits per heavy atom. The summed E-state index contributed by atoms with van der Waals surface area (Å²) in [4.78, 5) is 0. The number of anilines is 1. The SMILES string of the molecule is CC1(CNc2nnc(C(F)(F)F)s2)CCCC1. The third-order valence-corrected chi connectivity index (χ3v) is 4.07. The third-order valence-electron chi connectivity index (χ3n) is 3.14. The van der Waals surface area contributed by atoms with Crippen molar-refractivity contribution in [3.63, 3.8) is 0 Å². The summed E-state index contributed by atoms with van der Waals surface area (Å²) < 4.78 is 36.9. The van der Waals surface area contributed by atoms with Crippen molar-refractivity contribution in [1.82, 2.24) is 10.2 Å². The van der Waals surface area contributed by atoms with Gasteiger partial charge < -0.3 is 5.32 Å². The molecule has 0 aromatic carbocycles. The number of nitrogens with zero attached hydrogens (tertiary/aromatic N) is 2. The van der Waals surface area contributed by atoms with Crippen LogP contribution in [0, 0.1) is 5.41 Å². The average Bonchev–Trinajstić information content (AvgIpc) is 2.83. The monoisotopic (exact) mass is 265 g/mol. The first-order valence-corrected chi connectivity index (χ1v) is 6.35. The fourth-order valence-electron chi connectivity index (χ4n) is 2.10. The zero-order chi connectivity index (χ0) is 12.5. The summed E-state index contributed by atoms with van der Waals surface area (Å²) in [7, 11) is 0. The highest BCUT2D eigenvalue weighted by atomic mass is 32.1. The number of rotatable bonds is 3. The molecule has 0 saturated heterocycles. The van der Waals surface area contributed by atoms with Crippen LogP contribution in [0.4, 0.5) is 18.3 Å². The van der Waals surface area contributed by atoms with Crippen molar-refractivity contribution in [2.75, 3.05) is 11.9 Å². The standard InChI is InChI=1S/C10H14F3N3S/c1-9(4-2-3-5-9)6-14-8-16-15-7(17-8)10(11,12)13/h2-6H2,1H3,(H,14,16). The third kappa shape index (κ3) is 3.08. The van der Waals surface area contributed by atoms with E-state index in [4.69, 9.17) is 0 Å². The molecule has 1 aromatic heterocycles. The highest BCUT2D eigenvalue weighted by Gasteiger charge is 2.36. The summed E-state index contributed by atoms with van der Waals surface area (Å²) >= 11 is 0.564. The summed E-state index contributed by atoms with van der Waals surface area (Å²) in [6, 6.07) is 0. The van der Waals surface area contributed by atoms with Crippen LogP contribution in [0.5, 0.6) is 0 Å². The molecule has 1 aromatic rings. The van der Waals surface area contributed by atoms with Gasteiger partial charge in [-0.2, -0.15) is 13.2 Å². The van der Waals surface area contributed by atoms with E-state index < -0.39 is 11.2 Å². The zero-order valence-corrected chi connectivity index (χ0v) is 10.3. The zero-order valence-electron chi connectivity index (χ0n) is 9.47. The van der Waals surface area contributed by atoms with Gasteiger partial charge in [-0.25, -0.2) is 0 Å².